The summed E-state index contributed by atoms with van der Waals surface area (Å²) in [6, 6.07) is 5.27. The number of thioether (sulfide) groups is 1. The monoisotopic (exact) mass is 407 g/mol. The summed E-state index contributed by atoms with van der Waals surface area (Å²) in [5.74, 6) is 0.0640. The van der Waals surface area contributed by atoms with Gasteiger partial charge in [0.2, 0.25) is 0 Å². The van der Waals surface area contributed by atoms with Crippen LogP contribution in [0, 0.1) is 0 Å². The fourth-order valence-electron chi connectivity index (χ4n) is 2.40. The number of rotatable bonds is 10. The molecule has 0 aliphatic carbocycles. The number of methoxy groups -OCH3 is 1. The summed E-state index contributed by atoms with van der Waals surface area (Å²) in [5, 5.41) is -0.487. The van der Waals surface area contributed by atoms with Crippen LogP contribution >= 0.6 is 11.8 Å². The first-order chi connectivity index (χ1) is 13.5. The van der Waals surface area contributed by atoms with Gasteiger partial charge in [-0.05, 0) is 48.4 Å². The van der Waals surface area contributed by atoms with Crippen molar-refractivity contribution in [2.45, 2.75) is 33.1 Å². The highest BCUT2D eigenvalue weighted by atomic mass is 32.2. The molecule has 1 aliphatic heterocycles. The van der Waals surface area contributed by atoms with Crippen molar-refractivity contribution in [3.8, 4) is 11.5 Å². The first kappa shape index (κ1) is 21.8. The van der Waals surface area contributed by atoms with Crippen LogP contribution in [-0.4, -0.2) is 48.9 Å². The smallest absolute Gasteiger partial charge is 0.326 e. The molecular formula is C20H25NO6S. The molecule has 1 saturated heterocycles. The van der Waals surface area contributed by atoms with Crippen LogP contribution in [-0.2, 0) is 14.3 Å². The van der Waals surface area contributed by atoms with E-state index in [1.54, 1.807) is 24.3 Å². The summed E-state index contributed by atoms with van der Waals surface area (Å²) >= 11 is 0.797. The Hall–Kier alpha value is -2.48. The van der Waals surface area contributed by atoms with Crippen molar-refractivity contribution in [3.63, 3.8) is 0 Å². The van der Waals surface area contributed by atoms with Gasteiger partial charge in [-0.1, -0.05) is 26.3 Å². The number of carbonyl (C=O) groups excluding carboxylic acids is 3. The second kappa shape index (κ2) is 10.8. The number of unbranched alkanes of at least 4 members (excludes halogenated alkanes) is 1. The van der Waals surface area contributed by atoms with Gasteiger partial charge in [0.05, 0.1) is 25.2 Å². The zero-order chi connectivity index (χ0) is 20.5. The fourth-order valence-corrected chi connectivity index (χ4v) is 3.24. The number of hydrogen-bond acceptors (Lipinski definition) is 7. The molecule has 8 heteroatoms. The maximum absolute atomic E-state index is 12.5. The molecule has 0 bridgehead atoms. The van der Waals surface area contributed by atoms with Crippen LogP contribution in [0.2, 0.25) is 0 Å². The predicted molar refractivity (Wildman–Crippen MR) is 107 cm³/mol. The molecule has 152 valence electrons. The lowest BCUT2D eigenvalue weighted by atomic mass is 10.2. The Morgan fingerprint density at radius 1 is 1.14 bits per heavy atom. The second-order valence-electron chi connectivity index (χ2n) is 6.10. The Bertz CT molecular complexity index is 761. The highest BCUT2D eigenvalue weighted by Crippen LogP contribution is 2.34. The molecule has 0 unspecified atom stereocenters. The molecule has 1 aliphatic rings. The lowest BCUT2D eigenvalue weighted by molar-refractivity contribution is -0.146. The third-order valence-corrected chi connectivity index (χ3v) is 4.78. The van der Waals surface area contributed by atoms with Gasteiger partial charge >= 0.3 is 5.97 Å². The van der Waals surface area contributed by atoms with Crippen molar-refractivity contribution in [1.82, 2.24) is 4.90 Å². The molecule has 0 N–H and O–H groups in total. The van der Waals surface area contributed by atoms with Crippen molar-refractivity contribution in [3.05, 3.63) is 28.7 Å². The Morgan fingerprint density at radius 3 is 2.61 bits per heavy atom. The molecule has 1 heterocycles. The van der Waals surface area contributed by atoms with Crippen molar-refractivity contribution in [2.24, 2.45) is 0 Å². The molecule has 7 nitrogen and oxygen atoms in total. The number of amides is 2. The van der Waals surface area contributed by atoms with Crippen molar-refractivity contribution >= 4 is 35.0 Å². The topological polar surface area (TPSA) is 82.1 Å². The summed E-state index contributed by atoms with van der Waals surface area (Å²) in [6.45, 7) is 4.47. The van der Waals surface area contributed by atoms with Crippen LogP contribution in [0.5, 0.6) is 11.5 Å². The molecule has 1 aromatic carbocycles. The van der Waals surface area contributed by atoms with E-state index in [0.717, 1.165) is 35.9 Å². The van der Waals surface area contributed by atoms with Crippen molar-refractivity contribution in [1.29, 1.82) is 0 Å². The summed E-state index contributed by atoms with van der Waals surface area (Å²) in [4.78, 5) is 37.6. The number of esters is 1. The maximum atomic E-state index is 12.5. The molecule has 28 heavy (non-hydrogen) atoms. The molecule has 0 aromatic heterocycles. The lowest BCUT2D eigenvalue weighted by Crippen LogP contribution is -2.34. The Morgan fingerprint density at radius 2 is 1.93 bits per heavy atom. The number of hydrogen-bond donors (Lipinski definition) is 0. The molecular weight excluding hydrogens is 382 g/mol. The molecule has 1 aromatic rings. The summed E-state index contributed by atoms with van der Waals surface area (Å²) in [6.07, 6.45) is 4.11. The normalized spacial score (nSPS) is 15.2. The van der Waals surface area contributed by atoms with Crippen LogP contribution in [0.15, 0.2) is 23.1 Å². The van der Waals surface area contributed by atoms with Crippen molar-refractivity contribution in [2.75, 3.05) is 26.9 Å². The van der Waals surface area contributed by atoms with E-state index in [0.29, 0.717) is 23.7 Å². The first-order valence-corrected chi connectivity index (χ1v) is 10.0. The zero-order valence-corrected chi connectivity index (χ0v) is 17.2. The molecule has 2 amide bonds. The van der Waals surface area contributed by atoms with Crippen LogP contribution in [0.4, 0.5) is 4.79 Å². The van der Waals surface area contributed by atoms with E-state index in [1.807, 2.05) is 13.8 Å². The van der Waals surface area contributed by atoms with E-state index in [4.69, 9.17) is 14.2 Å². The van der Waals surface area contributed by atoms with Gasteiger partial charge in [0.1, 0.15) is 6.54 Å². The predicted octanol–water partition coefficient (Wildman–Crippen LogP) is 3.86. The number of imide groups is 1. The van der Waals surface area contributed by atoms with E-state index < -0.39 is 17.1 Å². The third kappa shape index (κ3) is 5.76. The van der Waals surface area contributed by atoms with Gasteiger partial charge in [-0.2, -0.15) is 0 Å². The average Bonchev–Trinajstić information content (AvgIpc) is 2.94. The van der Waals surface area contributed by atoms with Crippen LogP contribution < -0.4 is 9.47 Å². The molecule has 0 radical (unpaired) electrons. The molecule has 0 spiro atoms. The first-order valence-electron chi connectivity index (χ1n) is 9.22. The number of carbonyl (C=O) groups is 3. The van der Waals surface area contributed by atoms with E-state index in [9.17, 15) is 14.4 Å². The van der Waals surface area contributed by atoms with E-state index in [-0.39, 0.29) is 18.1 Å². The summed E-state index contributed by atoms with van der Waals surface area (Å²) in [7, 11) is 1.54. The van der Waals surface area contributed by atoms with Gasteiger partial charge in [-0.15, -0.1) is 0 Å². The highest BCUT2D eigenvalue weighted by Gasteiger charge is 2.36. The van der Waals surface area contributed by atoms with Crippen LogP contribution in [0.1, 0.15) is 38.7 Å². The fraction of sp³-hybridized carbons (Fsp3) is 0.450. The lowest BCUT2D eigenvalue weighted by Gasteiger charge is -2.12. The average molecular weight is 407 g/mol. The van der Waals surface area contributed by atoms with Gasteiger partial charge in [-0.25, -0.2) is 0 Å². The highest BCUT2D eigenvalue weighted by molar-refractivity contribution is 8.18. The van der Waals surface area contributed by atoms with Crippen LogP contribution in [0.3, 0.4) is 0 Å². The van der Waals surface area contributed by atoms with Crippen molar-refractivity contribution < 1.29 is 28.6 Å². The summed E-state index contributed by atoms with van der Waals surface area (Å²) in [5.41, 5.74) is 0.691. The van der Waals surface area contributed by atoms with E-state index in [1.165, 1.54) is 7.11 Å². The van der Waals surface area contributed by atoms with E-state index in [2.05, 4.69) is 0 Å². The molecule has 0 saturated carbocycles. The Labute approximate surface area is 169 Å². The van der Waals surface area contributed by atoms with Gasteiger partial charge in [-0.3, -0.25) is 19.3 Å². The number of nitrogens with zero attached hydrogens (tertiary/aromatic N) is 1. The molecule has 1 fully saturated rings. The van der Waals surface area contributed by atoms with Gasteiger partial charge < -0.3 is 14.2 Å². The number of benzene rings is 1. The molecule has 2 rings (SSSR count). The Balaban J connectivity index is 2.09. The van der Waals surface area contributed by atoms with Gasteiger partial charge in [0.25, 0.3) is 11.1 Å². The minimum atomic E-state index is -0.587. The minimum absolute atomic E-state index is 0.246. The Kier molecular flexibility index (Phi) is 8.38. The second-order valence-corrected chi connectivity index (χ2v) is 7.09. The minimum Gasteiger partial charge on any atom is -0.493 e. The van der Waals surface area contributed by atoms with Crippen LogP contribution in [0.25, 0.3) is 6.08 Å². The SMILES string of the molecule is CCCCOC(=O)CN1C(=O)S/C(=C\c2ccc(OCCC)c(OC)c2)C1=O. The largest absolute Gasteiger partial charge is 0.493 e. The van der Waals surface area contributed by atoms with Gasteiger partial charge in [0, 0.05) is 0 Å². The quantitative estimate of drug-likeness (QED) is 0.331. The van der Waals surface area contributed by atoms with E-state index >= 15 is 0 Å². The summed E-state index contributed by atoms with van der Waals surface area (Å²) < 4.78 is 16.0. The third-order valence-electron chi connectivity index (χ3n) is 3.87. The number of ether oxygens (including phenoxy) is 3. The molecule has 0 atom stereocenters. The van der Waals surface area contributed by atoms with Gasteiger partial charge in [0.15, 0.2) is 11.5 Å². The zero-order valence-electron chi connectivity index (χ0n) is 16.4. The standard InChI is InChI=1S/C20H25NO6S/c1-4-6-10-27-18(22)13-21-19(23)17(28-20(21)24)12-14-7-8-15(26-9-5-2)16(11-14)25-3/h7-8,11-12H,4-6,9-10,13H2,1-3H3/b17-12-. The maximum Gasteiger partial charge on any atom is 0.326 e.